The molecule has 0 aliphatic rings. The number of nitrogens with zero attached hydrogens (tertiary/aromatic N) is 1. The molecule has 0 bridgehead atoms. The summed E-state index contributed by atoms with van der Waals surface area (Å²) in [5, 5.41) is 8.84. The van der Waals surface area contributed by atoms with Crippen LogP contribution in [0, 0.1) is 30.6 Å². The van der Waals surface area contributed by atoms with Crippen LogP contribution in [-0.4, -0.2) is 0 Å². The molecule has 1 aromatic rings. The van der Waals surface area contributed by atoms with Crippen LogP contribution in [0.2, 0.25) is 0 Å². The van der Waals surface area contributed by atoms with Gasteiger partial charge in [0.05, 0.1) is 11.6 Å². The molecule has 0 spiro atoms. The minimum atomic E-state index is 0.735. The minimum Gasteiger partial charge on any atom is -0.192 e. The Balaban J connectivity index is 3.39. The second kappa shape index (κ2) is 3.78. The van der Waals surface area contributed by atoms with Gasteiger partial charge in [0.15, 0.2) is 0 Å². The molecule has 0 amide bonds. The normalized spacial score (nSPS) is 8.92. The van der Waals surface area contributed by atoms with E-state index in [9.17, 15) is 0 Å². The first-order chi connectivity index (χ1) is 6.22. The van der Waals surface area contributed by atoms with Crippen LogP contribution in [0.1, 0.15) is 29.2 Å². The largest absolute Gasteiger partial charge is 0.192 e. The predicted molar refractivity (Wildman–Crippen MR) is 53.2 cm³/mol. The zero-order chi connectivity index (χ0) is 9.84. The van der Waals surface area contributed by atoms with Crippen molar-refractivity contribution < 1.29 is 0 Å². The van der Waals surface area contributed by atoms with Crippen LogP contribution in [0.4, 0.5) is 0 Å². The Hall–Kier alpha value is -1.73. The van der Waals surface area contributed by atoms with Gasteiger partial charge in [0.25, 0.3) is 0 Å². The summed E-state index contributed by atoms with van der Waals surface area (Å²) in [5.41, 5.74) is 3.65. The van der Waals surface area contributed by atoms with Crippen LogP contribution in [-0.2, 0) is 6.42 Å². The van der Waals surface area contributed by atoms with E-state index >= 15 is 0 Å². The first kappa shape index (κ1) is 9.36. The molecule has 0 N–H and O–H groups in total. The van der Waals surface area contributed by atoms with Gasteiger partial charge in [-0.15, -0.1) is 6.42 Å². The topological polar surface area (TPSA) is 23.8 Å². The van der Waals surface area contributed by atoms with Crippen molar-refractivity contribution in [2.75, 3.05) is 0 Å². The Morgan fingerprint density at radius 3 is 2.54 bits per heavy atom. The molecule has 0 aromatic heterocycles. The van der Waals surface area contributed by atoms with Crippen molar-refractivity contribution >= 4 is 0 Å². The summed E-state index contributed by atoms with van der Waals surface area (Å²) in [4.78, 5) is 0. The molecule has 0 saturated heterocycles. The fourth-order valence-electron chi connectivity index (χ4n) is 1.30. The second-order valence-corrected chi connectivity index (χ2v) is 2.93. The molecule has 0 aliphatic carbocycles. The van der Waals surface area contributed by atoms with Crippen molar-refractivity contribution in [2.24, 2.45) is 0 Å². The van der Waals surface area contributed by atoms with Gasteiger partial charge in [0, 0.05) is 5.56 Å². The lowest BCUT2D eigenvalue weighted by Crippen LogP contribution is -1.92. The molecular weight excluding hydrogens is 158 g/mol. The maximum atomic E-state index is 8.84. The zero-order valence-electron chi connectivity index (χ0n) is 7.89. The molecule has 1 aromatic carbocycles. The highest BCUT2D eigenvalue weighted by Crippen LogP contribution is 2.15. The van der Waals surface area contributed by atoms with E-state index < -0.39 is 0 Å². The minimum absolute atomic E-state index is 0.735. The Labute approximate surface area is 79.0 Å². The summed E-state index contributed by atoms with van der Waals surface area (Å²) in [6, 6.07) is 5.95. The summed E-state index contributed by atoms with van der Waals surface area (Å²) < 4.78 is 0. The summed E-state index contributed by atoms with van der Waals surface area (Å²) in [7, 11) is 0. The van der Waals surface area contributed by atoms with E-state index in [-0.39, 0.29) is 0 Å². The van der Waals surface area contributed by atoms with Gasteiger partial charge in [0.2, 0.25) is 0 Å². The molecule has 0 atom stereocenters. The number of hydrogen-bond donors (Lipinski definition) is 0. The monoisotopic (exact) mass is 169 g/mol. The van der Waals surface area contributed by atoms with E-state index in [1.165, 1.54) is 0 Å². The third kappa shape index (κ3) is 1.71. The molecule has 1 nitrogen and oxygen atoms in total. The van der Waals surface area contributed by atoms with E-state index in [2.05, 4.69) is 12.0 Å². The van der Waals surface area contributed by atoms with Crippen molar-refractivity contribution in [3.63, 3.8) is 0 Å². The third-order valence-electron chi connectivity index (χ3n) is 2.11. The molecule has 1 heteroatoms. The molecular formula is C12H11N. The predicted octanol–water partition coefficient (Wildman–Crippen LogP) is 2.41. The van der Waals surface area contributed by atoms with Crippen LogP contribution < -0.4 is 0 Å². The van der Waals surface area contributed by atoms with Crippen molar-refractivity contribution in [3.8, 4) is 18.4 Å². The van der Waals surface area contributed by atoms with Gasteiger partial charge in [-0.1, -0.05) is 12.8 Å². The molecule has 0 unspecified atom stereocenters. The van der Waals surface area contributed by atoms with Gasteiger partial charge < -0.3 is 0 Å². The lowest BCUT2D eigenvalue weighted by atomic mass is 9.99. The van der Waals surface area contributed by atoms with Gasteiger partial charge in [0.1, 0.15) is 0 Å². The Morgan fingerprint density at radius 2 is 2.08 bits per heavy atom. The average Bonchev–Trinajstić information content (AvgIpc) is 2.17. The number of terminal acetylenes is 1. The molecule has 0 saturated carbocycles. The summed E-state index contributed by atoms with van der Waals surface area (Å²) >= 11 is 0. The highest BCUT2D eigenvalue weighted by atomic mass is 14.2. The molecule has 1 rings (SSSR count). The van der Waals surface area contributed by atoms with E-state index in [0.29, 0.717) is 0 Å². The van der Waals surface area contributed by atoms with E-state index in [1.54, 1.807) is 0 Å². The van der Waals surface area contributed by atoms with Crippen molar-refractivity contribution in [3.05, 3.63) is 34.4 Å². The fourth-order valence-corrected chi connectivity index (χ4v) is 1.30. The molecule has 0 aliphatic heterocycles. The van der Waals surface area contributed by atoms with E-state index in [0.717, 1.165) is 28.7 Å². The van der Waals surface area contributed by atoms with Crippen molar-refractivity contribution in [1.29, 1.82) is 5.26 Å². The lowest BCUT2D eigenvalue weighted by molar-refractivity contribution is 1.12. The SMILES string of the molecule is C#Cc1cc(CC)c(C#N)cc1C. The van der Waals surface area contributed by atoms with Gasteiger partial charge >= 0.3 is 0 Å². The standard InChI is InChI=1S/C12H11N/c1-4-10-7-11(5-2)12(8-13)6-9(10)3/h1,6-7H,5H2,2-3H3. The lowest BCUT2D eigenvalue weighted by Gasteiger charge is -2.04. The summed E-state index contributed by atoms with van der Waals surface area (Å²) in [6.07, 6.45) is 6.18. The Bertz CT molecular complexity index is 402. The molecule has 0 fully saturated rings. The number of benzene rings is 1. The smallest absolute Gasteiger partial charge is 0.0994 e. The number of nitriles is 1. The van der Waals surface area contributed by atoms with Crippen LogP contribution in [0.5, 0.6) is 0 Å². The first-order valence-electron chi connectivity index (χ1n) is 4.23. The van der Waals surface area contributed by atoms with Crippen molar-refractivity contribution in [2.45, 2.75) is 20.3 Å². The molecule has 64 valence electrons. The maximum Gasteiger partial charge on any atom is 0.0994 e. The van der Waals surface area contributed by atoms with Gasteiger partial charge in [-0.2, -0.15) is 5.26 Å². The third-order valence-corrected chi connectivity index (χ3v) is 2.11. The summed E-state index contributed by atoms with van der Waals surface area (Å²) in [5.74, 6) is 2.61. The van der Waals surface area contributed by atoms with Crippen LogP contribution in [0.3, 0.4) is 0 Å². The van der Waals surface area contributed by atoms with Gasteiger partial charge in [-0.3, -0.25) is 0 Å². The fraction of sp³-hybridized carbons (Fsp3) is 0.250. The van der Waals surface area contributed by atoms with Gasteiger partial charge in [-0.05, 0) is 36.6 Å². The highest BCUT2D eigenvalue weighted by Gasteiger charge is 2.03. The molecule has 0 radical (unpaired) electrons. The maximum absolute atomic E-state index is 8.84. The quantitative estimate of drug-likeness (QED) is 0.592. The number of aryl methyl sites for hydroxylation is 2. The number of rotatable bonds is 1. The second-order valence-electron chi connectivity index (χ2n) is 2.93. The molecule has 13 heavy (non-hydrogen) atoms. The van der Waals surface area contributed by atoms with Crippen LogP contribution in [0.15, 0.2) is 12.1 Å². The van der Waals surface area contributed by atoms with E-state index in [1.807, 2.05) is 26.0 Å². The highest BCUT2D eigenvalue weighted by molar-refractivity contribution is 5.49. The van der Waals surface area contributed by atoms with Crippen LogP contribution in [0.25, 0.3) is 0 Å². The summed E-state index contributed by atoms with van der Waals surface area (Å²) in [6.45, 7) is 3.95. The zero-order valence-corrected chi connectivity index (χ0v) is 7.89. The van der Waals surface area contributed by atoms with Gasteiger partial charge in [-0.25, -0.2) is 0 Å². The Kier molecular flexibility index (Phi) is 2.72. The average molecular weight is 169 g/mol. The first-order valence-corrected chi connectivity index (χ1v) is 4.23. The Morgan fingerprint density at radius 1 is 1.38 bits per heavy atom. The number of hydrogen-bond acceptors (Lipinski definition) is 1. The van der Waals surface area contributed by atoms with Crippen molar-refractivity contribution in [1.82, 2.24) is 0 Å². The van der Waals surface area contributed by atoms with E-state index in [4.69, 9.17) is 11.7 Å². The molecule has 0 heterocycles. The van der Waals surface area contributed by atoms with Crippen LogP contribution >= 0.6 is 0 Å².